The Morgan fingerprint density at radius 2 is 1.95 bits per heavy atom. The molecule has 0 aliphatic rings. The normalized spacial score (nSPS) is 10.0. The van der Waals surface area contributed by atoms with E-state index in [9.17, 15) is 9.59 Å². The molecular formula is C15H22N2O4. The van der Waals surface area contributed by atoms with Crippen LogP contribution in [0.5, 0.6) is 5.75 Å². The molecule has 0 aromatic heterocycles. The van der Waals surface area contributed by atoms with Gasteiger partial charge in [0.1, 0.15) is 5.75 Å². The van der Waals surface area contributed by atoms with Crippen molar-refractivity contribution in [2.24, 2.45) is 0 Å². The standard InChI is InChI=1S/C15H22N2O4/c1-12(18)17(9-6-10-20-2)11-15(19)16-13-7-4-5-8-14(13)21-3/h4-5,7-8H,6,9-11H2,1-3H3,(H,16,19). The van der Waals surface area contributed by atoms with Crippen LogP contribution in [0.25, 0.3) is 0 Å². The molecule has 0 spiro atoms. The molecule has 1 aromatic carbocycles. The Morgan fingerprint density at radius 1 is 1.24 bits per heavy atom. The Kier molecular flexibility index (Phi) is 7.25. The van der Waals surface area contributed by atoms with Crippen LogP contribution < -0.4 is 10.1 Å². The van der Waals surface area contributed by atoms with Crippen LogP contribution in [-0.2, 0) is 14.3 Å². The SMILES string of the molecule is COCCCN(CC(=O)Nc1ccccc1OC)C(C)=O. The van der Waals surface area contributed by atoms with Crippen LogP contribution in [0.1, 0.15) is 13.3 Å². The van der Waals surface area contributed by atoms with Gasteiger partial charge in [0, 0.05) is 27.2 Å². The number of hydrogen-bond donors (Lipinski definition) is 1. The fourth-order valence-corrected chi connectivity index (χ4v) is 1.86. The zero-order valence-corrected chi connectivity index (χ0v) is 12.7. The van der Waals surface area contributed by atoms with E-state index in [1.165, 1.54) is 18.9 Å². The summed E-state index contributed by atoms with van der Waals surface area (Å²) in [5, 5.41) is 2.75. The maximum atomic E-state index is 12.0. The second-order valence-corrected chi connectivity index (χ2v) is 4.54. The number of ether oxygens (including phenoxy) is 2. The third kappa shape index (κ3) is 5.83. The molecule has 21 heavy (non-hydrogen) atoms. The highest BCUT2D eigenvalue weighted by Crippen LogP contribution is 2.22. The summed E-state index contributed by atoms with van der Waals surface area (Å²) in [4.78, 5) is 25.1. The number of benzene rings is 1. The molecule has 1 aromatic rings. The zero-order chi connectivity index (χ0) is 15.7. The van der Waals surface area contributed by atoms with E-state index in [1.807, 2.05) is 6.07 Å². The van der Waals surface area contributed by atoms with Crippen LogP contribution in [0.3, 0.4) is 0 Å². The molecule has 0 aliphatic heterocycles. The van der Waals surface area contributed by atoms with Gasteiger partial charge in [0.25, 0.3) is 0 Å². The van der Waals surface area contributed by atoms with Crippen molar-refractivity contribution in [1.29, 1.82) is 0 Å². The van der Waals surface area contributed by atoms with E-state index in [2.05, 4.69) is 5.32 Å². The minimum atomic E-state index is -0.257. The zero-order valence-electron chi connectivity index (χ0n) is 12.7. The number of para-hydroxylation sites is 2. The molecule has 0 aliphatic carbocycles. The number of rotatable bonds is 8. The monoisotopic (exact) mass is 294 g/mol. The number of nitrogens with zero attached hydrogens (tertiary/aromatic N) is 1. The van der Waals surface area contributed by atoms with Gasteiger partial charge in [-0.25, -0.2) is 0 Å². The lowest BCUT2D eigenvalue weighted by Crippen LogP contribution is -2.37. The number of methoxy groups -OCH3 is 2. The number of hydrogen-bond acceptors (Lipinski definition) is 4. The van der Waals surface area contributed by atoms with Gasteiger partial charge in [0.05, 0.1) is 19.3 Å². The Hall–Kier alpha value is -2.08. The Balaban J connectivity index is 2.59. The van der Waals surface area contributed by atoms with E-state index in [-0.39, 0.29) is 18.4 Å². The van der Waals surface area contributed by atoms with Gasteiger partial charge < -0.3 is 19.7 Å². The smallest absolute Gasteiger partial charge is 0.244 e. The maximum absolute atomic E-state index is 12.0. The number of nitrogens with one attached hydrogen (secondary N) is 1. The number of anilines is 1. The molecule has 0 saturated heterocycles. The van der Waals surface area contributed by atoms with E-state index in [1.54, 1.807) is 25.3 Å². The fraction of sp³-hybridized carbons (Fsp3) is 0.467. The molecule has 1 rings (SSSR count). The summed E-state index contributed by atoms with van der Waals surface area (Å²) in [5.41, 5.74) is 0.588. The highest BCUT2D eigenvalue weighted by molar-refractivity contribution is 5.95. The summed E-state index contributed by atoms with van der Waals surface area (Å²) in [6.45, 7) is 2.50. The number of carbonyl (C=O) groups excluding carboxylic acids is 2. The summed E-state index contributed by atoms with van der Waals surface area (Å²) in [6.07, 6.45) is 0.692. The highest BCUT2D eigenvalue weighted by Gasteiger charge is 2.14. The molecule has 116 valence electrons. The van der Waals surface area contributed by atoms with Gasteiger partial charge in [-0.1, -0.05) is 12.1 Å². The van der Waals surface area contributed by atoms with Crippen molar-refractivity contribution in [2.75, 3.05) is 39.2 Å². The molecular weight excluding hydrogens is 272 g/mol. The minimum absolute atomic E-state index is 0.0110. The van der Waals surface area contributed by atoms with E-state index < -0.39 is 0 Å². The van der Waals surface area contributed by atoms with Crippen LogP contribution in [-0.4, -0.2) is 50.6 Å². The maximum Gasteiger partial charge on any atom is 0.244 e. The first-order valence-corrected chi connectivity index (χ1v) is 6.75. The molecule has 0 heterocycles. The van der Waals surface area contributed by atoms with E-state index in [0.29, 0.717) is 31.0 Å². The first kappa shape index (κ1) is 17.0. The van der Waals surface area contributed by atoms with Gasteiger partial charge in [-0.2, -0.15) is 0 Å². The largest absolute Gasteiger partial charge is 0.495 e. The third-order valence-corrected chi connectivity index (χ3v) is 2.94. The Labute approximate surface area is 125 Å². The van der Waals surface area contributed by atoms with Crippen LogP contribution in [0.15, 0.2) is 24.3 Å². The Bertz CT molecular complexity index is 476. The van der Waals surface area contributed by atoms with E-state index in [0.717, 1.165) is 0 Å². The lowest BCUT2D eigenvalue weighted by Gasteiger charge is -2.20. The van der Waals surface area contributed by atoms with Crippen LogP contribution in [0.2, 0.25) is 0 Å². The van der Waals surface area contributed by atoms with Crippen molar-refractivity contribution in [3.8, 4) is 5.75 Å². The Morgan fingerprint density at radius 3 is 2.57 bits per heavy atom. The first-order chi connectivity index (χ1) is 10.1. The summed E-state index contributed by atoms with van der Waals surface area (Å²) < 4.78 is 10.1. The van der Waals surface area contributed by atoms with Crippen molar-refractivity contribution in [1.82, 2.24) is 4.90 Å². The fourth-order valence-electron chi connectivity index (χ4n) is 1.86. The molecule has 0 atom stereocenters. The molecule has 0 bridgehead atoms. The second-order valence-electron chi connectivity index (χ2n) is 4.54. The molecule has 0 unspecified atom stereocenters. The second kappa shape index (κ2) is 8.97. The summed E-state index contributed by atoms with van der Waals surface area (Å²) in [7, 11) is 3.14. The average molecular weight is 294 g/mol. The highest BCUT2D eigenvalue weighted by atomic mass is 16.5. The molecule has 0 saturated carbocycles. The molecule has 1 N–H and O–H groups in total. The summed E-state index contributed by atoms with van der Waals surface area (Å²) in [5.74, 6) is 0.188. The number of amides is 2. The van der Waals surface area contributed by atoms with Gasteiger partial charge in [0.15, 0.2) is 0 Å². The first-order valence-electron chi connectivity index (χ1n) is 6.75. The van der Waals surface area contributed by atoms with E-state index >= 15 is 0 Å². The van der Waals surface area contributed by atoms with Crippen molar-refractivity contribution >= 4 is 17.5 Å². The molecule has 6 nitrogen and oxygen atoms in total. The van der Waals surface area contributed by atoms with Crippen LogP contribution in [0.4, 0.5) is 5.69 Å². The topological polar surface area (TPSA) is 67.9 Å². The predicted molar refractivity (Wildman–Crippen MR) is 80.4 cm³/mol. The quantitative estimate of drug-likeness (QED) is 0.738. The van der Waals surface area contributed by atoms with Crippen LogP contribution in [0, 0.1) is 0 Å². The van der Waals surface area contributed by atoms with Crippen LogP contribution >= 0.6 is 0 Å². The van der Waals surface area contributed by atoms with Crippen molar-refractivity contribution in [3.05, 3.63) is 24.3 Å². The van der Waals surface area contributed by atoms with Gasteiger partial charge in [-0.15, -0.1) is 0 Å². The number of carbonyl (C=O) groups is 2. The minimum Gasteiger partial charge on any atom is -0.495 e. The predicted octanol–water partition coefficient (Wildman–Crippen LogP) is 1.52. The molecule has 2 amide bonds. The lowest BCUT2D eigenvalue weighted by molar-refractivity contribution is -0.132. The lowest BCUT2D eigenvalue weighted by atomic mass is 10.3. The third-order valence-electron chi connectivity index (χ3n) is 2.94. The van der Waals surface area contributed by atoms with Gasteiger partial charge in [0.2, 0.25) is 11.8 Å². The van der Waals surface area contributed by atoms with Crippen molar-refractivity contribution < 1.29 is 19.1 Å². The molecule has 0 radical (unpaired) electrons. The van der Waals surface area contributed by atoms with Crippen molar-refractivity contribution in [2.45, 2.75) is 13.3 Å². The van der Waals surface area contributed by atoms with Gasteiger partial charge in [-0.3, -0.25) is 9.59 Å². The molecule has 6 heteroatoms. The average Bonchev–Trinajstić information content (AvgIpc) is 2.46. The van der Waals surface area contributed by atoms with Crippen molar-refractivity contribution in [3.63, 3.8) is 0 Å². The van der Waals surface area contributed by atoms with Gasteiger partial charge in [-0.05, 0) is 18.6 Å². The summed E-state index contributed by atoms with van der Waals surface area (Å²) >= 11 is 0. The summed E-state index contributed by atoms with van der Waals surface area (Å²) in [6, 6.07) is 7.14. The molecule has 0 fully saturated rings. The van der Waals surface area contributed by atoms with Gasteiger partial charge >= 0.3 is 0 Å². The van der Waals surface area contributed by atoms with E-state index in [4.69, 9.17) is 9.47 Å².